The third-order valence-corrected chi connectivity index (χ3v) is 7.08. The van der Waals surface area contributed by atoms with E-state index in [2.05, 4.69) is 25.3 Å². The van der Waals surface area contributed by atoms with Gasteiger partial charge >= 0.3 is 0 Å². The van der Waals surface area contributed by atoms with Crippen LogP contribution in [0.3, 0.4) is 0 Å². The van der Waals surface area contributed by atoms with E-state index < -0.39 is 10.0 Å². The van der Waals surface area contributed by atoms with Crippen LogP contribution in [-0.4, -0.2) is 18.4 Å². The van der Waals surface area contributed by atoms with E-state index in [1.165, 1.54) is 17.7 Å². The summed E-state index contributed by atoms with van der Waals surface area (Å²) >= 11 is 0. The van der Waals surface area contributed by atoms with Crippen molar-refractivity contribution in [3.05, 3.63) is 121 Å². The van der Waals surface area contributed by atoms with Gasteiger partial charge in [-0.1, -0.05) is 35.9 Å². The Labute approximate surface area is 227 Å². The molecule has 39 heavy (non-hydrogen) atoms. The van der Waals surface area contributed by atoms with E-state index in [-0.39, 0.29) is 4.90 Å². The standard InChI is InChI=1S/C30H27N5O3S/c1-21-8-10-23(11-9-21)33-29-20-30(32-22(2)31-29)34-24-12-14-25(15-13-24)35-39(36,37)28-18-16-27(17-19-28)38-26-6-4-3-5-7-26/h3-20,35H,1-2H3,(H2,31,32,33,34). The number of hydrogen-bond acceptors (Lipinski definition) is 7. The largest absolute Gasteiger partial charge is 0.457 e. The van der Waals surface area contributed by atoms with E-state index >= 15 is 0 Å². The van der Waals surface area contributed by atoms with Crippen LogP contribution >= 0.6 is 0 Å². The first-order chi connectivity index (χ1) is 18.8. The molecule has 1 aromatic heterocycles. The molecule has 0 fully saturated rings. The minimum Gasteiger partial charge on any atom is -0.457 e. The van der Waals surface area contributed by atoms with Crippen LogP contribution in [0.5, 0.6) is 11.5 Å². The highest BCUT2D eigenvalue weighted by Gasteiger charge is 2.14. The maximum absolute atomic E-state index is 12.9. The van der Waals surface area contributed by atoms with Gasteiger partial charge in [0.05, 0.1) is 4.90 Å². The first-order valence-corrected chi connectivity index (χ1v) is 13.7. The highest BCUT2D eigenvalue weighted by atomic mass is 32.2. The van der Waals surface area contributed by atoms with Crippen LogP contribution in [0.1, 0.15) is 11.4 Å². The molecular weight excluding hydrogens is 510 g/mol. The summed E-state index contributed by atoms with van der Waals surface area (Å²) in [5.74, 6) is 3.12. The lowest BCUT2D eigenvalue weighted by Crippen LogP contribution is -2.12. The van der Waals surface area contributed by atoms with Crippen LogP contribution in [0, 0.1) is 13.8 Å². The van der Waals surface area contributed by atoms with Crippen LogP contribution in [0.4, 0.5) is 28.7 Å². The molecule has 8 nitrogen and oxygen atoms in total. The first kappa shape index (κ1) is 25.7. The molecule has 0 atom stereocenters. The van der Waals surface area contributed by atoms with Gasteiger partial charge in [0.15, 0.2) is 0 Å². The molecule has 5 rings (SSSR count). The lowest BCUT2D eigenvalue weighted by atomic mass is 10.2. The molecule has 0 spiro atoms. The van der Waals surface area contributed by atoms with Gasteiger partial charge in [-0.05, 0) is 86.6 Å². The van der Waals surface area contributed by atoms with Crippen LogP contribution < -0.4 is 20.1 Å². The minimum absolute atomic E-state index is 0.134. The second kappa shape index (κ2) is 11.2. The SMILES string of the molecule is Cc1ccc(Nc2cc(Nc3ccc(NS(=O)(=O)c4ccc(Oc5ccccc5)cc4)cc3)nc(C)n2)cc1. The molecule has 0 radical (unpaired) electrons. The number of aromatic nitrogens is 2. The van der Waals surface area contributed by atoms with Crippen molar-refractivity contribution in [3.63, 3.8) is 0 Å². The number of nitrogens with one attached hydrogen (secondary N) is 3. The van der Waals surface area contributed by atoms with Crippen molar-refractivity contribution in [2.24, 2.45) is 0 Å². The van der Waals surface area contributed by atoms with Gasteiger partial charge in [-0.2, -0.15) is 0 Å². The minimum atomic E-state index is -3.77. The molecule has 0 bridgehead atoms. The van der Waals surface area contributed by atoms with Crippen LogP contribution in [0.25, 0.3) is 0 Å². The van der Waals surface area contributed by atoms with Crippen molar-refractivity contribution in [2.75, 3.05) is 15.4 Å². The zero-order chi connectivity index (χ0) is 27.2. The molecule has 9 heteroatoms. The predicted octanol–water partition coefficient (Wildman–Crippen LogP) is 7.17. The molecule has 0 saturated heterocycles. The number of anilines is 5. The predicted molar refractivity (Wildman–Crippen MR) is 155 cm³/mol. The van der Waals surface area contributed by atoms with E-state index in [1.54, 1.807) is 36.4 Å². The quantitative estimate of drug-likeness (QED) is 0.183. The third-order valence-electron chi connectivity index (χ3n) is 5.68. The molecule has 0 saturated carbocycles. The van der Waals surface area contributed by atoms with Crippen molar-refractivity contribution < 1.29 is 13.2 Å². The molecule has 0 aliphatic carbocycles. The van der Waals surface area contributed by atoms with Gasteiger partial charge in [-0.3, -0.25) is 4.72 Å². The molecule has 1 heterocycles. The van der Waals surface area contributed by atoms with E-state index in [1.807, 2.05) is 74.5 Å². The zero-order valence-corrected chi connectivity index (χ0v) is 22.2. The second-order valence-electron chi connectivity index (χ2n) is 8.87. The van der Waals surface area contributed by atoms with Gasteiger partial charge in [-0.25, -0.2) is 18.4 Å². The van der Waals surface area contributed by atoms with E-state index in [9.17, 15) is 8.42 Å². The Morgan fingerprint density at radius 3 is 1.72 bits per heavy atom. The molecule has 0 amide bonds. The summed E-state index contributed by atoms with van der Waals surface area (Å²) in [5.41, 5.74) is 3.30. The summed E-state index contributed by atoms with van der Waals surface area (Å²) in [7, 11) is -3.77. The molecule has 0 aliphatic heterocycles. The topological polar surface area (TPSA) is 105 Å². The molecule has 4 aromatic carbocycles. The highest BCUT2D eigenvalue weighted by Crippen LogP contribution is 2.25. The third kappa shape index (κ3) is 6.91. The Bertz CT molecular complexity index is 1660. The maximum Gasteiger partial charge on any atom is 0.261 e. The molecule has 0 unspecified atom stereocenters. The zero-order valence-electron chi connectivity index (χ0n) is 21.4. The number of benzene rings is 4. The number of hydrogen-bond donors (Lipinski definition) is 3. The average Bonchev–Trinajstić information content (AvgIpc) is 2.92. The number of aryl methyl sites for hydroxylation is 2. The Balaban J connectivity index is 1.23. The Kier molecular flexibility index (Phi) is 7.42. The fourth-order valence-electron chi connectivity index (χ4n) is 3.78. The lowest BCUT2D eigenvalue weighted by Gasteiger charge is -2.12. The summed E-state index contributed by atoms with van der Waals surface area (Å²) in [4.78, 5) is 9.05. The number of rotatable bonds is 9. The van der Waals surface area contributed by atoms with Crippen molar-refractivity contribution >= 4 is 38.7 Å². The highest BCUT2D eigenvalue weighted by molar-refractivity contribution is 7.92. The Hall–Kier alpha value is -4.89. The van der Waals surface area contributed by atoms with Gasteiger partial charge in [0, 0.05) is 23.1 Å². The normalized spacial score (nSPS) is 11.0. The van der Waals surface area contributed by atoms with Gasteiger partial charge in [-0.15, -0.1) is 0 Å². The summed E-state index contributed by atoms with van der Waals surface area (Å²) in [5, 5.41) is 6.53. The smallest absolute Gasteiger partial charge is 0.261 e. The summed E-state index contributed by atoms with van der Waals surface area (Å²) in [6, 6.07) is 32.4. The van der Waals surface area contributed by atoms with Crippen molar-refractivity contribution in [3.8, 4) is 11.5 Å². The van der Waals surface area contributed by atoms with Crippen molar-refractivity contribution in [2.45, 2.75) is 18.7 Å². The van der Waals surface area contributed by atoms with Gasteiger partial charge in [0.2, 0.25) is 0 Å². The van der Waals surface area contributed by atoms with Gasteiger partial charge in [0.25, 0.3) is 10.0 Å². The average molecular weight is 538 g/mol. The lowest BCUT2D eigenvalue weighted by molar-refractivity contribution is 0.482. The number of ether oxygens (including phenoxy) is 1. The number of sulfonamides is 1. The molecule has 5 aromatic rings. The van der Waals surface area contributed by atoms with E-state index in [0.717, 1.165) is 11.4 Å². The number of para-hydroxylation sites is 1. The molecule has 0 aliphatic rings. The summed E-state index contributed by atoms with van der Waals surface area (Å²) in [6.45, 7) is 3.86. The summed E-state index contributed by atoms with van der Waals surface area (Å²) in [6.07, 6.45) is 0. The van der Waals surface area contributed by atoms with Crippen LogP contribution in [-0.2, 0) is 10.0 Å². The number of nitrogens with zero attached hydrogens (tertiary/aromatic N) is 2. The first-order valence-electron chi connectivity index (χ1n) is 12.2. The van der Waals surface area contributed by atoms with Gasteiger partial charge < -0.3 is 15.4 Å². The fourth-order valence-corrected chi connectivity index (χ4v) is 4.83. The fraction of sp³-hybridized carbons (Fsp3) is 0.0667. The maximum atomic E-state index is 12.9. The monoisotopic (exact) mass is 537 g/mol. The molecular formula is C30H27N5O3S. The van der Waals surface area contributed by atoms with Gasteiger partial charge in [0.1, 0.15) is 29.0 Å². The second-order valence-corrected chi connectivity index (χ2v) is 10.6. The Morgan fingerprint density at radius 1 is 0.615 bits per heavy atom. The van der Waals surface area contributed by atoms with E-state index in [0.29, 0.717) is 34.6 Å². The molecule has 196 valence electrons. The van der Waals surface area contributed by atoms with Crippen molar-refractivity contribution in [1.29, 1.82) is 0 Å². The van der Waals surface area contributed by atoms with Crippen LogP contribution in [0.15, 0.2) is 114 Å². The summed E-state index contributed by atoms with van der Waals surface area (Å²) < 4.78 is 34.2. The Morgan fingerprint density at radius 2 is 1.13 bits per heavy atom. The molecule has 3 N–H and O–H groups in total. The van der Waals surface area contributed by atoms with E-state index in [4.69, 9.17) is 4.74 Å². The van der Waals surface area contributed by atoms with Crippen LogP contribution in [0.2, 0.25) is 0 Å². The van der Waals surface area contributed by atoms with Crippen molar-refractivity contribution in [1.82, 2.24) is 9.97 Å².